The molecule has 3 aromatic rings. The van der Waals surface area contributed by atoms with Crippen LogP contribution in [-0.2, 0) is 0 Å². The Labute approximate surface area is 125 Å². The first-order valence-corrected chi connectivity index (χ1v) is 7.26. The molecular weight excluding hydrogens is 256 g/mol. The molecule has 0 N–H and O–H groups in total. The van der Waals surface area contributed by atoms with E-state index in [-0.39, 0.29) is 0 Å². The zero-order valence-electron chi connectivity index (χ0n) is 12.1. The van der Waals surface area contributed by atoms with Gasteiger partial charge in [0.15, 0.2) is 0 Å². The van der Waals surface area contributed by atoms with Crippen LogP contribution in [0.2, 0.25) is 0 Å². The van der Waals surface area contributed by atoms with Gasteiger partial charge in [-0.3, -0.25) is 0 Å². The molecule has 0 fully saturated rings. The average Bonchev–Trinajstić information content (AvgIpc) is 2.55. The zero-order chi connectivity index (χ0) is 14.5. The van der Waals surface area contributed by atoms with Crippen molar-refractivity contribution in [1.29, 1.82) is 0 Å². The molecule has 0 unspecified atom stereocenters. The predicted molar refractivity (Wildman–Crippen MR) is 90.5 cm³/mol. The van der Waals surface area contributed by atoms with Crippen LogP contribution in [-0.4, -0.2) is 6.61 Å². The minimum Gasteiger partial charge on any atom is -0.493 e. The van der Waals surface area contributed by atoms with E-state index in [0.29, 0.717) is 6.61 Å². The first-order chi connectivity index (χ1) is 10.4. The van der Waals surface area contributed by atoms with Crippen LogP contribution in [0.3, 0.4) is 0 Å². The summed E-state index contributed by atoms with van der Waals surface area (Å²) in [5, 5.41) is 2.37. The molecule has 0 saturated heterocycles. The van der Waals surface area contributed by atoms with Crippen molar-refractivity contribution in [3.63, 3.8) is 0 Å². The highest BCUT2D eigenvalue weighted by atomic mass is 16.5. The van der Waals surface area contributed by atoms with Crippen molar-refractivity contribution in [2.24, 2.45) is 0 Å². The van der Waals surface area contributed by atoms with Crippen molar-refractivity contribution in [3.8, 4) is 5.75 Å². The highest BCUT2D eigenvalue weighted by Crippen LogP contribution is 2.31. The summed E-state index contributed by atoms with van der Waals surface area (Å²) in [6, 6.07) is 22.9. The summed E-state index contributed by atoms with van der Waals surface area (Å²) >= 11 is 0. The fourth-order valence-electron chi connectivity index (χ4n) is 2.45. The largest absolute Gasteiger partial charge is 0.493 e. The third-order valence-corrected chi connectivity index (χ3v) is 3.45. The van der Waals surface area contributed by atoms with Crippen molar-refractivity contribution >= 4 is 22.9 Å². The zero-order valence-corrected chi connectivity index (χ0v) is 12.1. The maximum Gasteiger partial charge on any atom is 0.134 e. The Morgan fingerprint density at radius 3 is 2.38 bits per heavy atom. The normalized spacial score (nSPS) is 11.1. The molecule has 0 aliphatic rings. The molecule has 0 aliphatic carbocycles. The Kier molecular flexibility index (Phi) is 4.02. The van der Waals surface area contributed by atoms with Gasteiger partial charge >= 0.3 is 0 Å². The van der Waals surface area contributed by atoms with E-state index >= 15 is 0 Å². The van der Waals surface area contributed by atoms with Crippen LogP contribution in [0.15, 0.2) is 66.7 Å². The van der Waals surface area contributed by atoms with Crippen LogP contribution in [0.5, 0.6) is 5.75 Å². The third-order valence-electron chi connectivity index (χ3n) is 3.45. The van der Waals surface area contributed by atoms with Crippen LogP contribution in [0.25, 0.3) is 22.9 Å². The fourth-order valence-corrected chi connectivity index (χ4v) is 2.45. The minimum atomic E-state index is 0.667. The molecule has 0 spiro atoms. The summed E-state index contributed by atoms with van der Waals surface area (Å²) in [5.41, 5.74) is 2.30. The summed E-state index contributed by atoms with van der Waals surface area (Å²) in [6.45, 7) is 2.69. The number of benzene rings is 3. The summed E-state index contributed by atoms with van der Waals surface area (Å²) in [6.07, 6.45) is 4.24. The van der Waals surface area contributed by atoms with Gasteiger partial charge in [0.05, 0.1) is 6.61 Å². The summed E-state index contributed by atoms with van der Waals surface area (Å²) in [4.78, 5) is 0. The average molecular weight is 274 g/mol. The number of hydrogen-bond donors (Lipinski definition) is 0. The molecule has 1 heteroatoms. The van der Waals surface area contributed by atoms with Gasteiger partial charge in [0.1, 0.15) is 5.75 Å². The molecule has 104 valence electrons. The smallest absolute Gasteiger partial charge is 0.134 e. The molecule has 0 radical (unpaired) electrons. The molecule has 0 heterocycles. The molecule has 0 bridgehead atoms. The molecule has 3 rings (SSSR count). The van der Waals surface area contributed by atoms with Gasteiger partial charge in [0.25, 0.3) is 0 Å². The van der Waals surface area contributed by atoms with Crippen molar-refractivity contribution < 1.29 is 4.74 Å². The minimum absolute atomic E-state index is 0.667. The number of ether oxygens (including phenoxy) is 1. The van der Waals surface area contributed by atoms with E-state index in [4.69, 9.17) is 4.74 Å². The van der Waals surface area contributed by atoms with Gasteiger partial charge in [-0.1, -0.05) is 78.9 Å². The molecule has 0 amide bonds. The van der Waals surface area contributed by atoms with Crippen LogP contribution < -0.4 is 4.74 Å². The van der Waals surface area contributed by atoms with Crippen LogP contribution in [0.1, 0.15) is 18.1 Å². The van der Waals surface area contributed by atoms with E-state index in [0.717, 1.165) is 16.7 Å². The predicted octanol–water partition coefficient (Wildman–Crippen LogP) is 5.41. The fraction of sp³-hybridized carbons (Fsp3) is 0.100. The van der Waals surface area contributed by atoms with Crippen LogP contribution >= 0.6 is 0 Å². The summed E-state index contributed by atoms with van der Waals surface area (Å²) in [7, 11) is 0. The Morgan fingerprint density at radius 1 is 0.810 bits per heavy atom. The van der Waals surface area contributed by atoms with Gasteiger partial charge in [0, 0.05) is 10.9 Å². The molecule has 21 heavy (non-hydrogen) atoms. The highest BCUT2D eigenvalue weighted by molar-refractivity contribution is 5.93. The van der Waals surface area contributed by atoms with E-state index in [1.807, 2.05) is 25.1 Å². The van der Waals surface area contributed by atoms with Crippen molar-refractivity contribution in [3.05, 3.63) is 77.9 Å². The number of fused-ring (bicyclic) bond motifs is 1. The second-order valence-corrected chi connectivity index (χ2v) is 4.88. The maximum atomic E-state index is 5.89. The molecule has 1 nitrogen and oxygen atoms in total. The van der Waals surface area contributed by atoms with Gasteiger partial charge in [0.2, 0.25) is 0 Å². The number of hydrogen-bond acceptors (Lipinski definition) is 1. The lowest BCUT2D eigenvalue weighted by atomic mass is 10.0. The Morgan fingerprint density at radius 2 is 1.57 bits per heavy atom. The van der Waals surface area contributed by atoms with Crippen LogP contribution in [0.4, 0.5) is 0 Å². The van der Waals surface area contributed by atoms with E-state index < -0.39 is 0 Å². The van der Waals surface area contributed by atoms with Gasteiger partial charge in [-0.05, 0) is 17.9 Å². The van der Waals surface area contributed by atoms with Crippen molar-refractivity contribution in [2.75, 3.05) is 6.61 Å². The van der Waals surface area contributed by atoms with E-state index in [1.165, 1.54) is 10.9 Å². The summed E-state index contributed by atoms with van der Waals surface area (Å²) < 4.78 is 5.89. The van der Waals surface area contributed by atoms with Gasteiger partial charge in [-0.15, -0.1) is 0 Å². The third kappa shape index (κ3) is 2.97. The van der Waals surface area contributed by atoms with Gasteiger partial charge < -0.3 is 4.74 Å². The number of rotatable bonds is 4. The molecule has 0 saturated carbocycles. The van der Waals surface area contributed by atoms with Gasteiger partial charge in [-0.25, -0.2) is 0 Å². The first-order valence-electron chi connectivity index (χ1n) is 7.26. The SMILES string of the molecule is CCOc1c(C=Cc2ccccc2)ccc2ccccc12. The highest BCUT2D eigenvalue weighted by Gasteiger charge is 2.06. The monoisotopic (exact) mass is 274 g/mol. The van der Waals surface area contributed by atoms with Crippen molar-refractivity contribution in [1.82, 2.24) is 0 Å². The lowest BCUT2D eigenvalue weighted by Gasteiger charge is -2.11. The Balaban J connectivity index is 2.05. The summed E-state index contributed by atoms with van der Waals surface area (Å²) in [5.74, 6) is 0.961. The molecule has 3 aromatic carbocycles. The van der Waals surface area contributed by atoms with E-state index in [2.05, 4.69) is 60.7 Å². The quantitative estimate of drug-likeness (QED) is 0.578. The van der Waals surface area contributed by atoms with Crippen molar-refractivity contribution in [2.45, 2.75) is 6.92 Å². The Hall–Kier alpha value is -2.54. The standard InChI is InChI=1S/C20H18O/c1-2-21-20-18(13-12-16-8-4-3-5-9-16)15-14-17-10-6-7-11-19(17)20/h3-15H,2H2,1H3. The molecule has 0 aliphatic heterocycles. The van der Waals surface area contributed by atoms with Crippen LogP contribution in [0, 0.1) is 0 Å². The Bertz CT molecular complexity index is 757. The molecule has 0 atom stereocenters. The van der Waals surface area contributed by atoms with E-state index in [9.17, 15) is 0 Å². The lowest BCUT2D eigenvalue weighted by Crippen LogP contribution is -1.95. The second kappa shape index (κ2) is 6.27. The second-order valence-electron chi connectivity index (χ2n) is 4.88. The molecular formula is C20H18O. The lowest BCUT2D eigenvalue weighted by molar-refractivity contribution is 0.343. The van der Waals surface area contributed by atoms with Gasteiger partial charge in [-0.2, -0.15) is 0 Å². The first kappa shape index (κ1) is 13.4. The van der Waals surface area contributed by atoms with E-state index in [1.54, 1.807) is 0 Å². The topological polar surface area (TPSA) is 9.23 Å². The molecule has 0 aromatic heterocycles. The maximum absolute atomic E-state index is 5.89.